The van der Waals surface area contributed by atoms with E-state index < -0.39 is 0 Å². The Morgan fingerprint density at radius 2 is 2.12 bits per heavy atom. The van der Waals surface area contributed by atoms with Crippen LogP contribution in [0.4, 0.5) is 0 Å². The zero-order valence-corrected chi connectivity index (χ0v) is 16.3. The molecule has 0 heterocycles. The van der Waals surface area contributed by atoms with Gasteiger partial charge in [-0.25, -0.2) is 0 Å². The number of fused-ring (bicyclic) bond motifs is 2. The molecule has 1 amide bonds. The summed E-state index contributed by atoms with van der Waals surface area (Å²) in [5.41, 5.74) is 0.792. The molecule has 2 saturated carbocycles. The number of rotatable bonds is 6. The lowest BCUT2D eigenvalue weighted by Crippen LogP contribution is -2.44. The second-order valence-corrected chi connectivity index (χ2v) is 9.23. The highest BCUT2D eigenvalue weighted by atomic mass is 35.5. The van der Waals surface area contributed by atoms with E-state index in [1.54, 1.807) is 11.9 Å². The van der Waals surface area contributed by atoms with Crippen molar-refractivity contribution in [1.29, 1.82) is 0 Å². The monoisotopic (exact) mass is 366 g/mol. The lowest BCUT2D eigenvalue weighted by Gasteiger charge is -2.28. The molecule has 2 aliphatic carbocycles. The van der Waals surface area contributed by atoms with Crippen molar-refractivity contribution in [3.05, 3.63) is 28.8 Å². The van der Waals surface area contributed by atoms with Crippen LogP contribution in [0.25, 0.3) is 0 Å². The quantitative estimate of drug-likeness (QED) is 0.716. The van der Waals surface area contributed by atoms with E-state index in [1.807, 2.05) is 25.1 Å². The van der Waals surface area contributed by atoms with Gasteiger partial charge >= 0.3 is 0 Å². The maximum atomic E-state index is 12.4. The first-order valence-corrected chi connectivity index (χ1v) is 10.0. The summed E-state index contributed by atoms with van der Waals surface area (Å²) in [5, 5.41) is 4.05. The van der Waals surface area contributed by atoms with Gasteiger partial charge in [0, 0.05) is 27.9 Å². The zero-order chi connectivity index (χ0) is 17.3. The molecule has 0 radical (unpaired) electrons. The molecule has 1 aromatic rings. The molecule has 3 rings (SSSR count). The molecule has 2 fully saturated rings. The summed E-state index contributed by atoms with van der Waals surface area (Å²) < 4.78 is 3.43. The minimum absolute atomic E-state index is 0.161. The Hall–Kier alpha value is -0.710. The normalized spacial score (nSPS) is 25.9. The summed E-state index contributed by atoms with van der Waals surface area (Å²) in [6.45, 7) is 6.15. The number of benzene rings is 1. The van der Waals surface area contributed by atoms with E-state index in [-0.39, 0.29) is 11.4 Å². The Kier molecular flexibility index (Phi) is 5.48. The van der Waals surface area contributed by atoms with Crippen molar-refractivity contribution in [2.45, 2.75) is 69.4 Å². The largest absolute Gasteiger partial charge is 0.353 e. The topological polar surface area (TPSA) is 41.1 Å². The molecule has 0 aromatic heterocycles. The maximum absolute atomic E-state index is 12.4. The smallest absolute Gasteiger partial charge is 0.222 e. The van der Waals surface area contributed by atoms with Crippen LogP contribution < -0.4 is 10.0 Å². The van der Waals surface area contributed by atoms with E-state index in [9.17, 15) is 4.79 Å². The SMILES string of the molecule is Cc1c(Cl)cccc1SNC(C)(C)CC(=O)NC1CC2CCC1C2. The summed E-state index contributed by atoms with van der Waals surface area (Å²) in [7, 11) is 0. The average molecular weight is 367 g/mol. The van der Waals surface area contributed by atoms with Gasteiger partial charge in [-0.05, 0) is 81.5 Å². The van der Waals surface area contributed by atoms with Gasteiger partial charge in [0.1, 0.15) is 0 Å². The van der Waals surface area contributed by atoms with Crippen LogP contribution in [0.15, 0.2) is 23.1 Å². The molecule has 0 aliphatic heterocycles. The van der Waals surface area contributed by atoms with Gasteiger partial charge in [-0.15, -0.1) is 0 Å². The van der Waals surface area contributed by atoms with Crippen LogP contribution in [0.5, 0.6) is 0 Å². The van der Waals surface area contributed by atoms with Crippen LogP contribution in [0.1, 0.15) is 51.5 Å². The maximum Gasteiger partial charge on any atom is 0.222 e. The molecule has 3 atom stereocenters. The number of nitrogens with one attached hydrogen (secondary N) is 2. The molecule has 2 bridgehead atoms. The van der Waals surface area contributed by atoms with Crippen molar-refractivity contribution in [1.82, 2.24) is 10.0 Å². The van der Waals surface area contributed by atoms with E-state index in [0.717, 1.165) is 27.3 Å². The number of carbonyl (C=O) groups is 1. The molecular formula is C19H27ClN2OS. The van der Waals surface area contributed by atoms with E-state index >= 15 is 0 Å². The Balaban J connectivity index is 1.50. The van der Waals surface area contributed by atoms with Crippen molar-refractivity contribution in [2.24, 2.45) is 11.8 Å². The molecule has 0 spiro atoms. The van der Waals surface area contributed by atoms with Gasteiger partial charge < -0.3 is 5.32 Å². The highest BCUT2D eigenvalue weighted by Gasteiger charge is 2.40. The van der Waals surface area contributed by atoms with Crippen LogP contribution in [0.3, 0.4) is 0 Å². The van der Waals surface area contributed by atoms with Crippen molar-refractivity contribution >= 4 is 29.5 Å². The van der Waals surface area contributed by atoms with E-state index in [2.05, 4.69) is 23.9 Å². The molecular weight excluding hydrogens is 340 g/mol. The Labute approximate surface area is 154 Å². The molecule has 24 heavy (non-hydrogen) atoms. The third kappa shape index (κ3) is 4.27. The van der Waals surface area contributed by atoms with E-state index in [1.165, 1.54) is 25.7 Å². The fraction of sp³-hybridized carbons (Fsp3) is 0.632. The highest BCUT2D eigenvalue weighted by molar-refractivity contribution is 7.97. The van der Waals surface area contributed by atoms with E-state index in [4.69, 9.17) is 11.6 Å². The van der Waals surface area contributed by atoms with Crippen LogP contribution in [0, 0.1) is 18.8 Å². The molecule has 1 aromatic carbocycles. The number of halogens is 1. The van der Waals surface area contributed by atoms with Gasteiger partial charge in [0.25, 0.3) is 0 Å². The predicted octanol–water partition coefficient (Wildman–Crippen LogP) is 4.72. The second-order valence-electron chi connectivity index (χ2n) is 7.98. The third-order valence-corrected chi connectivity index (χ3v) is 7.07. The summed E-state index contributed by atoms with van der Waals surface area (Å²) in [6.07, 6.45) is 5.63. The molecule has 132 valence electrons. The zero-order valence-electron chi connectivity index (χ0n) is 14.7. The van der Waals surface area contributed by atoms with Gasteiger partial charge in [0.05, 0.1) is 0 Å². The summed E-state index contributed by atoms with van der Waals surface area (Å²) >= 11 is 7.72. The first kappa shape index (κ1) is 18.1. The number of carbonyl (C=O) groups excluding carboxylic acids is 1. The molecule has 2 aliphatic rings. The summed E-state index contributed by atoms with van der Waals surface area (Å²) in [4.78, 5) is 13.5. The molecule has 3 nitrogen and oxygen atoms in total. The van der Waals surface area contributed by atoms with Crippen LogP contribution in [-0.4, -0.2) is 17.5 Å². The first-order valence-electron chi connectivity index (χ1n) is 8.82. The first-order chi connectivity index (χ1) is 11.3. The Bertz CT molecular complexity index is 619. The van der Waals surface area contributed by atoms with Crippen molar-refractivity contribution in [3.63, 3.8) is 0 Å². The molecule has 2 N–H and O–H groups in total. The van der Waals surface area contributed by atoms with Gasteiger partial charge in [0.15, 0.2) is 0 Å². The Morgan fingerprint density at radius 1 is 1.33 bits per heavy atom. The highest BCUT2D eigenvalue weighted by Crippen LogP contribution is 2.44. The fourth-order valence-corrected chi connectivity index (χ4v) is 5.11. The predicted molar refractivity (Wildman–Crippen MR) is 101 cm³/mol. The standard InChI is InChI=1S/C19H27ClN2OS/c1-12-15(20)5-4-6-17(12)24-22-19(2,3)11-18(23)21-16-10-13-7-8-14(16)9-13/h4-6,13-14,16,22H,7-11H2,1-3H3,(H,21,23). The second kappa shape index (κ2) is 7.27. The van der Waals surface area contributed by atoms with Gasteiger partial charge in [-0.2, -0.15) is 0 Å². The Morgan fingerprint density at radius 3 is 2.79 bits per heavy atom. The minimum atomic E-state index is -0.277. The summed E-state index contributed by atoms with van der Waals surface area (Å²) in [6, 6.07) is 6.31. The van der Waals surface area contributed by atoms with Crippen LogP contribution >= 0.6 is 23.5 Å². The van der Waals surface area contributed by atoms with E-state index in [0.29, 0.717) is 12.5 Å². The fourth-order valence-electron chi connectivity index (χ4n) is 4.01. The average Bonchev–Trinajstić information content (AvgIpc) is 3.10. The number of hydrogen-bond acceptors (Lipinski definition) is 3. The van der Waals surface area contributed by atoms with Gasteiger partial charge in [-0.3, -0.25) is 9.52 Å². The third-order valence-electron chi connectivity index (χ3n) is 5.34. The van der Waals surface area contributed by atoms with Gasteiger partial charge in [0.2, 0.25) is 5.91 Å². The summed E-state index contributed by atoms with van der Waals surface area (Å²) in [5.74, 6) is 1.74. The molecule has 3 unspecified atom stereocenters. The van der Waals surface area contributed by atoms with Crippen molar-refractivity contribution in [3.8, 4) is 0 Å². The molecule has 0 saturated heterocycles. The van der Waals surface area contributed by atoms with Gasteiger partial charge in [-0.1, -0.05) is 24.1 Å². The number of hydrogen-bond donors (Lipinski definition) is 2. The minimum Gasteiger partial charge on any atom is -0.353 e. The lowest BCUT2D eigenvalue weighted by atomic mass is 9.94. The number of amides is 1. The van der Waals surface area contributed by atoms with Crippen molar-refractivity contribution < 1.29 is 4.79 Å². The van der Waals surface area contributed by atoms with Crippen molar-refractivity contribution in [2.75, 3.05) is 0 Å². The molecule has 5 heteroatoms. The van der Waals surface area contributed by atoms with Crippen LogP contribution in [-0.2, 0) is 4.79 Å². The lowest BCUT2D eigenvalue weighted by molar-refractivity contribution is -0.123. The van der Waals surface area contributed by atoms with Crippen LogP contribution in [0.2, 0.25) is 5.02 Å².